The van der Waals surface area contributed by atoms with Gasteiger partial charge in [0.15, 0.2) is 0 Å². The van der Waals surface area contributed by atoms with Gasteiger partial charge in [-0.25, -0.2) is 4.79 Å². The lowest BCUT2D eigenvalue weighted by Crippen LogP contribution is -2.30. The van der Waals surface area contributed by atoms with Crippen molar-refractivity contribution < 1.29 is 14.3 Å². The van der Waals surface area contributed by atoms with Crippen molar-refractivity contribution in [3.05, 3.63) is 11.8 Å². The number of rotatable bonds is 3. The summed E-state index contributed by atoms with van der Waals surface area (Å²) in [5.74, 6) is 0. The average Bonchev–Trinajstić information content (AvgIpc) is 2.19. The monoisotopic (exact) mass is 199 g/mol. The number of methoxy groups -OCH3 is 1. The molecule has 1 amide bonds. The van der Waals surface area contributed by atoms with Gasteiger partial charge in [0.1, 0.15) is 0 Å². The molecule has 0 spiro atoms. The maximum atomic E-state index is 11.4. The average molecular weight is 199 g/mol. The van der Waals surface area contributed by atoms with E-state index < -0.39 is 0 Å². The molecule has 0 bridgehead atoms. The second-order valence-electron chi connectivity index (χ2n) is 3.22. The van der Waals surface area contributed by atoms with Crippen LogP contribution in [0.3, 0.4) is 0 Å². The molecule has 0 fully saturated rings. The van der Waals surface area contributed by atoms with E-state index in [2.05, 4.69) is 0 Å². The van der Waals surface area contributed by atoms with Gasteiger partial charge in [0.2, 0.25) is 0 Å². The van der Waals surface area contributed by atoms with E-state index in [4.69, 9.17) is 9.47 Å². The Hall–Kier alpha value is -1.03. The highest BCUT2D eigenvalue weighted by Crippen LogP contribution is 2.15. The molecule has 0 saturated heterocycles. The van der Waals surface area contributed by atoms with Crippen molar-refractivity contribution in [3.63, 3.8) is 0 Å². The van der Waals surface area contributed by atoms with Crippen LogP contribution in [0.25, 0.3) is 0 Å². The highest BCUT2D eigenvalue weighted by molar-refractivity contribution is 5.69. The number of nitrogens with zero attached hydrogens (tertiary/aromatic N) is 1. The van der Waals surface area contributed by atoms with Crippen molar-refractivity contribution in [2.75, 3.05) is 26.9 Å². The first-order chi connectivity index (χ1) is 6.77. The summed E-state index contributed by atoms with van der Waals surface area (Å²) in [6.45, 7) is 3.56. The quantitative estimate of drug-likeness (QED) is 0.695. The van der Waals surface area contributed by atoms with Crippen molar-refractivity contribution in [3.8, 4) is 0 Å². The van der Waals surface area contributed by atoms with E-state index in [9.17, 15) is 4.79 Å². The van der Waals surface area contributed by atoms with E-state index in [1.54, 1.807) is 12.0 Å². The Bertz CT molecular complexity index is 225. The lowest BCUT2D eigenvalue weighted by Gasteiger charge is -2.23. The van der Waals surface area contributed by atoms with Crippen LogP contribution in [0.15, 0.2) is 11.8 Å². The highest BCUT2D eigenvalue weighted by atomic mass is 16.6. The van der Waals surface area contributed by atoms with Crippen molar-refractivity contribution in [2.45, 2.75) is 19.8 Å². The summed E-state index contributed by atoms with van der Waals surface area (Å²) in [4.78, 5) is 13.0. The molecule has 0 N–H and O–H groups in total. The van der Waals surface area contributed by atoms with Gasteiger partial charge in [-0.15, -0.1) is 0 Å². The molecule has 1 heterocycles. The Labute approximate surface area is 84.5 Å². The number of hydrogen-bond acceptors (Lipinski definition) is 3. The van der Waals surface area contributed by atoms with E-state index >= 15 is 0 Å². The van der Waals surface area contributed by atoms with E-state index in [0.29, 0.717) is 13.2 Å². The zero-order chi connectivity index (χ0) is 10.4. The molecule has 4 nitrogen and oxygen atoms in total. The lowest BCUT2D eigenvalue weighted by atomic mass is 10.1. The Morgan fingerprint density at radius 1 is 1.64 bits per heavy atom. The molecule has 0 aliphatic carbocycles. The normalized spacial score (nSPS) is 16.4. The van der Waals surface area contributed by atoms with Gasteiger partial charge in [0.25, 0.3) is 0 Å². The predicted octanol–water partition coefficient (Wildman–Crippen LogP) is 1.77. The minimum atomic E-state index is -0.263. The fourth-order valence-corrected chi connectivity index (χ4v) is 1.47. The third-order valence-corrected chi connectivity index (χ3v) is 2.07. The minimum Gasteiger partial charge on any atom is -0.449 e. The molecule has 80 valence electrons. The molecule has 0 aromatic carbocycles. The topological polar surface area (TPSA) is 38.8 Å². The van der Waals surface area contributed by atoms with E-state index in [1.807, 2.05) is 13.1 Å². The van der Waals surface area contributed by atoms with E-state index in [0.717, 1.165) is 25.0 Å². The van der Waals surface area contributed by atoms with Gasteiger partial charge in [-0.05, 0) is 25.3 Å². The summed E-state index contributed by atoms with van der Waals surface area (Å²) in [6.07, 6.45) is 3.56. The first-order valence-electron chi connectivity index (χ1n) is 4.89. The molecule has 1 aliphatic rings. The van der Waals surface area contributed by atoms with Gasteiger partial charge in [0.05, 0.1) is 13.2 Å². The SMILES string of the molecule is CCOC(=O)N1C=C(COC)CCC1. The van der Waals surface area contributed by atoms with Crippen LogP contribution < -0.4 is 0 Å². The third kappa shape index (κ3) is 3.03. The minimum absolute atomic E-state index is 0.263. The molecule has 1 rings (SSSR count). The number of amides is 1. The second-order valence-corrected chi connectivity index (χ2v) is 3.22. The summed E-state index contributed by atoms with van der Waals surface area (Å²) < 4.78 is 9.93. The fourth-order valence-electron chi connectivity index (χ4n) is 1.47. The van der Waals surface area contributed by atoms with Crippen LogP contribution in [0.5, 0.6) is 0 Å². The van der Waals surface area contributed by atoms with E-state index in [1.165, 1.54) is 0 Å². The third-order valence-electron chi connectivity index (χ3n) is 2.07. The van der Waals surface area contributed by atoms with Crippen LogP contribution in [0.4, 0.5) is 4.79 Å². The molecule has 0 unspecified atom stereocenters. The van der Waals surface area contributed by atoms with Gasteiger partial charge in [-0.2, -0.15) is 0 Å². The first kappa shape index (κ1) is 11.0. The van der Waals surface area contributed by atoms with Crippen LogP contribution in [0.2, 0.25) is 0 Å². The lowest BCUT2D eigenvalue weighted by molar-refractivity contribution is 0.119. The van der Waals surface area contributed by atoms with Crippen LogP contribution in [0.1, 0.15) is 19.8 Å². The molecule has 0 radical (unpaired) electrons. The summed E-state index contributed by atoms with van der Waals surface area (Å²) >= 11 is 0. The zero-order valence-corrected chi connectivity index (χ0v) is 8.78. The summed E-state index contributed by atoms with van der Waals surface area (Å²) in [5.41, 5.74) is 1.15. The molecule has 4 heteroatoms. The number of hydrogen-bond donors (Lipinski definition) is 0. The number of carbonyl (C=O) groups excluding carboxylic acids is 1. The van der Waals surface area contributed by atoms with Crippen molar-refractivity contribution >= 4 is 6.09 Å². The first-order valence-corrected chi connectivity index (χ1v) is 4.89. The van der Waals surface area contributed by atoms with Gasteiger partial charge >= 0.3 is 6.09 Å². The molecule has 0 aromatic heterocycles. The Balaban J connectivity index is 2.52. The molecule has 0 saturated carbocycles. The maximum Gasteiger partial charge on any atom is 0.413 e. The smallest absolute Gasteiger partial charge is 0.413 e. The zero-order valence-electron chi connectivity index (χ0n) is 8.78. The molecule has 0 aromatic rings. The molecule has 1 aliphatic heterocycles. The van der Waals surface area contributed by atoms with Crippen LogP contribution in [-0.2, 0) is 9.47 Å². The summed E-state index contributed by atoms with van der Waals surface area (Å²) in [6, 6.07) is 0. The Kier molecular flexibility index (Phi) is 4.46. The van der Waals surface area contributed by atoms with Crippen molar-refractivity contribution in [1.82, 2.24) is 4.90 Å². The molecule has 14 heavy (non-hydrogen) atoms. The predicted molar refractivity (Wildman–Crippen MR) is 52.9 cm³/mol. The van der Waals surface area contributed by atoms with E-state index in [-0.39, 0.29) is 6.09 Å². The molecule has 0 atom stereocenters. The van der Waals surface area contributed by atoms with Crippen LogP contribution in [-0.4, -0.2) is 37.9 Å². The number of ether oxygens (including phenoxy) is 2. The van der Waals surface area contributed by atoms with Gasteiger partial charge in [-0.1, -0.05) is 0 Å². The largest absolute Gasteiger partial charge is 0.449 e. The van der Waals surface area contributed by atoms with Crippen molar-refractivity contribution in [1.29, 1.82) is 0 Å². The Morgan fingerprint density at radius 2 is 2.43 bits per heavy atom. The van der Waals surface area contributed by atoms with Gasteiger partial charge in [0, 0.05) is 19.9 Å². The fraction of sp³-hybridized carbons (Fsp3) is 0.700. The highest BCUT2D eigenvalue weighted by Gasteiger charge is 2.16. The molecular weight excluding hydrogens is 182 g/mol. The summed E-state index contributed by atoms with van der Waals surface area (Å²) in [5, 5.41) is 0. The van der Waals surface area contributed by atoms with Crippen molar-refractivity contribution in [2.24, 2.45) is 0 Å². The summed E-state index contributed by atoms with van der Waals surface area (Å²) in [7, 11) is 1.66. The van der Waals surface area contributed by atoms with Crippen LogP contribution in [0, 0.1) is 0 Å². The van der Waals surface area contributed by atoms with Gasteiger partial charge < -0.3 is 9.47 Å². The standard InChI is InChI=1S/C10H17NO3/c1-3-14-10(12)11-6-4-5-9(7-11)8-13-2/h7H,3-6,8H2,1-2H3. The Morgan fingerprint density at radius 3 is 3.07 bits per heavy atom. The second kappa shape index (κ2) is 5.65. The van der Waals surface area contributed by atoms with Crippen LogP contribution >= 0.6 is 0 Å². The maximum absolute atomic E-state index is 11.4. The van der Waals surface area contributed by atoms with Gasteiger partial charge in [-0.3, -0.25) is 4.90 Å². The molecular formula is C10H17NO3. The number of carbonyl (C=O) groups is 1.